The molecule has 0 aromatic heterocycles. The molecule has 1 saturated carbocycles. The van der Waals surface area contributed by atoms with Crippen LogP contribution < -0.4 is 15.5 Å². The predicted molar refractivity (Wildman–Crippen MR) is 91.9 cm³/mol. The van der Waals surface area contributed by atoms with E-state index < -0.39 is 0 Å². The third-order valence-corrected chi connectivity index (χ3v) is 4.57. The molecule has 7 nitrogen and oxygen atoms in total. The van der Waals surface area contributed by atoms with E-state index in [2.05, 4.69) is 10.6 Å². The zero-order chi connectivity index (χ0) is 17.8. The lowest BCUT2D eigenvalue weighted by atomic mass is 10.2. The molecule has 1 aliphatic heterocycles. The minimum Gasteiger partial charge on any atom is -0.447 e. The summed E-state index contributed by atoms with van der Waals surface area (Å²) in [6.45, 7) is 3.71. The van der Waals surface area contributed by atoms with Crippen molar-refractivity contribution in [2.75, 3.05) is 24.6 Å². The number of benzene rings is 1. The van der Waals surface area contributed by atoms with Gasteiger partial charge in [-0.2, -0.15) is 0 Å². The zero-order valence-corrected chi connectivity index (χ0v) is 14.3. The first-order valence-corrected chi connectivity index (χ1v) is 8.62. The molecule has 0 bridgehead atoms. The lowest BCUT2D eigenvalue weighted by Gasteiger charge is -2.14. The van der Waals surface area contributed by atoms with Crippen LogP contribution in [0.1, 0.15) is 25.3 Å². The Morgan fingerprint density at radius 2 is 2.12 bits per heavy atom. The molecule has 1 aromatic carbocycles. The van der Waals surface area contributed by atoms with Crippen molar-refractivity contribution in [1.82, 2.24) is 10.6 Å². The quantitative estimate of drug-likeness (QED) is 0.782. The molecule has 3 rings (SSSR count). The first-order chi connectivity index (χ1) is 12.0. The number of nitrogens with zero attached hydrogens (tertiary/aromatic N) is 1. The minimum atomic E-state index is -0.345. The summed E-state index contributed by atoms with van der Waals surface area (Å²) in [6, 6.07) is 7.44. The summed E-state index contributed by atoms with van der Waals surface area (Å²) in [4.78, 5) is 36.7. The van der Waals surface area contributed by atoms with E-state index >= 15 is 0 Å². The Hall–Kier alpha value is -2.57. The second kappa shape index (κ2) is 7.55. The largest absolute Gasteiger partial charge is 0.447 e. The Labute approximate surface area is 146 Å². The number of hydrogen-bond acceptors (Lipinski definition) is 4. The van der Waals surface area contributed by atoms with Gasteiger partial charge in [0.05, 0.1) is 6.54 Å². The van der Waals surface area contributed by atoms with Crippen LogP contribution in [0.15, 0.2) is 24.3 Å². The molecule has 2 fully saturated rings. The van der Waals surface area contributed by atoms with E-state index in [1.165, 1.54) is 0 Å². The van der Waals surface area contributed by atoms with Gasteiger partial charge in [-0.1, -0.05) is 19.1 Å². The average Bonchev–Trinajstić information content (AvgIpc) is 3.18. The fourth-order valence-electron chi connectivity index (χ4n) is 2.87. The summed E-state index contributed by atoms with van der Waals surface area (Å²) in [7, 11) is 0. The number of carbonyl (C=O) groups is 3. The van der Waals surface area contributed by atoms with E-state index in [0.717, 1.165) is 17.7 Å². The fourth-order valence-corrected chi connectivity index (χ4v) is 2.87. The molecule has 7 heteroatoms. The maximum absolute atomic E-state index is 11.9. The molecule has 2 atom stereocenters. The molecule has 3 amide bonds. The Bertz CT molecular complexity index is 676. The average molecular weight is 345 g/mol. The number of ether oxygens (including phenoxy) is 1. The van der Waals surface area contributed by atoms with E-state index in [4.69, 9.17) is 4.74 Å². The predicted octanol–water partition coefficient (Wildman–Crippen LogP) is 1.42. The van der Waals surface area contributed by atoms with Crippen LogP contribution in [0.25, 0.3) is 0 Å². The van der Waals surface area contributed by atoms with Crippen LogP contribution in [-0.4, -0.2) is 37.6 Å². The van der Waals surface area contributed by atoms with Crippen molar-refractivity contribution in [3.8, 4) is 0 Å². The highest BCUT2D eigenvalue weighted by atomic mass is 16.6. The van der Waals surface area contributed by atoms with Crippen molar-refractivity contribution in [1.29, 1.82) is 0 Å². The molecule has 1 saturated heterocycles. The highest BCUT2D eigenvalue weighted by molar-refractivity contribution is 5.89. The molecular formula is C18H23N3O4. The number of anilines is 1. The van der Waals surface area contributed by atoms with Gasteiger partial charge >= 0.3 is 6.09 Å². The third kappa shape index (κ3) is 4.49. The summed E-state index contributed by atoms with van der Waals surface area (Å²) < 4.78 is 4.93. The molecule has 0 spiro atoms. The summed E-state index contributed by atoms with van der Waals surface area (Å²) in [5.41, 5.74) is 1.67. The van der Waals surface area contributed by atoms with Crippen molar-refractivity contribution in [3.05, 3.63) is 29.8 Å². The SMILES string of the molecule is CC1CC1C(=O)NCCC(=O)NCc1cccc(N2CCOC2=O)c1. The van der Waals surface area contributed by atoms with Gasteiger partial charge in [0, 0.05) is 31.1 Å². The van der Waals surface area contributed by atoms with Crippen LogP contribution in [0.2, 0.25) is 0 Å². The van der Waals surface area contributed by atoms with Gasteiger partial charge in [-0.15, -0.1) is 0 Å². The third-order valence-electron chi connectivity index (χ3n) is 4.57. The van der Waals surface area contributed by atoms with Crippen LogP contribution in [0.3, 0.4) is 0 Å². The molecule has 1 aromatic rings. The standard InChI is InChI=1S/C18H23N3O4/c1-12-9-15(12)17(23)19-6-5-16(22)20-11-13-3-2-4-14(10-13)21-7-8-25-18(21)24/h2-4,10,12,15H,5-9,11H2,1H3,(H,19,23)(H,20,22). The zero-order valence-electron chi connectivity index (χ0n) is 14.3. The van der Waals surface area contributed by atoms with E-state index in [9.17, 15) is 14.4 Å². The summed E-state index contributed by atoms with van der Waals surface area (Å²) in [5.74, 6) is 0.526. The smallest absolute Gasteiger partial charge is 0.414 e. The highest BCUT2D eigenvalue weighted by Crippen LogP contribution is 2.37. The monoisotopic (exact) mass is 345 g/mol. The topological polar surface area (TPSA) is 87.7 Å². The number of carbonyl (C=O) groups excluding carboxylic acids is 3. The Morgan fingerprint density at radius 1 is 1.32 bits per heavy atom. The van der Waals surface area contributed by atoms with E-state index in [1.807, 2.05) is 31.2 Å². The second-order valence-electron chi connectivity index (χ2n) is 6.57. The van der Waals surface area contributed by atoms with Crippen LogP contribution in [-0.2, 0) is 20.9 Å². The number of cyclic esters (lactones) is 1. The van der Waals surface area contributed by atoms with E-state index in [1.54, 1.807) is 4.90 Å². The Kier molecular flexibility index (Phi) is 5.21. The number of rotatable bonds is 7. The Morgan fingerprint density at radius 3 is 2.80 bits per heavy atom. The number of amides is 3. The van der Waals surface area contributed by atoms with Crippen LogP contribution in [0.4, 0.5) is 10.5 Å². The van der Waals surface area contributed by atoms with Crippen molar-refractivity contribution in [3.63, 3.8) is 0 Å². The number of hydrogen-bond donors (Lipinski definition) is 2. The lowest BCUT2D eigenvalue weighted by molar-refractivity contribution is -0.123. The van der Waals surface area contributed by atoms with Gasteiger partial charge in [0.2, 0.25) is 11.8 Å². The van der Waals surface area contributed by atoms with Gasteiger partial charge in [0.1, 0.15) is 6.61 Å². The van der Waals surface area contributed by atoms with Crippen molar-refractivity contribution >= 4 is 23.6 Å². The fraction of sp³-hybridized carbons (Fsp3) is 0.500. The summed E-state index contributed by atoms with van der Waals surface area (Å²) in [6.07, 6.45) is 0.853. The molecule has 25 heavy (non-hydrogen) atoms. The first kappa shape index (κ1) is 17.3. The Balaban J connectivity index is 1.41. The lowest BCUT2D eigenvalue weighted by Crippen LogP contribution is -2.31. The van der Waals surface area contributed by atoms with Crippen LogP contribution >= 0.6 is 0 Å². The molecule has 134 valence electrons. The molecule has 2 N–H and O–H groups in total. The van der Waals surface area contributed by atoms with E-state index in [0.29, 0.717) is 32.2 Å². The van der Waals surface area contributed by atoms with Crippen molar-refractivity contribution in [2.45, 2.75) is 26.3 Å². The second-order valence-corrected chi connectivity index (χ2v) is 6.57. The van der Waals surface area contributed by atoms with Crippen molar-refractivity contribution < 1.29 is 19.1 Å². The van der Waals surface area contributed by atoms with Gasteiger partial charge in [0.25, 0.3) is 0 Å². The highest BCUT2D eigenvalue weighted by Gasteiger charge is 2.38. The van der Waals surface area contributed by atoms with Gasteiger partial charge in [-0.25, -0.2) is 4.79 Å². The molecule has 2 unspecified atom stereocenters. The normalized spacial score (nSPS) is 21.6. The summed E-state index contributed by atoms with van der Waals surface area (Å²) in [5, 5.41) is 5.63. The van der Waals surface area contributed by atoms with Crippen molar-refractivity contribution in [2.24, 2.45) is 11.8 Å². The van der Waals surface area contributed by atoms with Crippen LogP contribution in [0.5, 0.6) is 0 Å². The van der Waals surface area contributed by atoms with Gasteiger partial charge in [-0.05, 0) is 30.0 Å². The molecule has 2 aliphatic rings. The van der Waals surface area contributed by atoms with E-state index in [-0.39, 0.29) is 30.2 Å². The maximum Gasteiger partial charge on any atom is 0.414 e. The van der Waals surface area contributed by atoms with Gasteiger partial charge in [0.15, 0.2) is 0 Å². The van der Waals surface area contributed by atoms with Gasteiger partial charge in [-0.3, -0.25) is 14.5 Å². The minimum absolute atomic E-state index is 0.0468. The number of nitrogens with one attached hydrogen (secondary N) is 2. The molecule has 0 radical (unpaired) electrons. The molecule has 1 heterocycles. The summed E-state index contributed by atoms with van der Waals surface area (Å²) >= 11 is 0. The first-order valence-electron chi connectivity index (χ1n) is 8.62. The maximum atomic E-state index is 11.9. The van der Waals surface area contributed by atoms with Gasteiger partial charge < -0.3 is 15.4 Å². The molecular weight excluding hydrogens is 322 g/mol. The van der Waals surface area contributed by atoms with Crippen LogP contribution in [0, 0.1) is 11.8 Å². The molecule has 1 aliphatic carbocycles.